The van der Waals surface area contributed by atoms with Crippen molar-refractivity contribution in [1.82, 2.24) is 5.16 Å². The van der Waals surface area contributed by atoms with Crippen molar-refractivity contribution >= 4 is 23.2 Å². The number of aryl methyl sites for hydroxylation is 1. The predicted molar refractivity (Wildman–Crippen MR) is 91.1 cm³/mol. The smallest absolute Gasteiger partial charge is 0.261 e. The van der Waals surface area contributed by atoms with Crippen LogP contribution in [0.4, 0.5) is 11.4 Å². The monoisotopic (exact) mass is 327 g/mol. The fourth-order valence-electron chi connectivity index (χ4n) is 2.52. The summed E-state index contributed by atoms with van der Waals surface area (Å²) in [7, 11) is 0. The van der Waals surface area contributed by atoms with E-state index < -0.39 is 0 Å². The van der Waals surface area contributed by atoms with E-state index in [1.807, 2.05) is 13.8 Å². The van der Waals surface area contributed by atoms with Gasteiger partial charge in [-0.15, -0.1) is 0 Å². The number of benzene rings is 1. The largest absolute Gasteiger partial charge is 0.360 e. The van der Waals surface area contributed by atoms with Gasteiger partial charge in [-0.25, -0.2) is 0 Å². The lowest BCUT2D eigenvalue weighted by Gasteiger charge is -2.09. The fourth-order valence-corrected chi connectivity index (χ4v) is 2.52. The number of rotatable bonds is 5. The number of carbonyl (C=O) groups is 2. The summed E-state index contributed by atoms with van der Waals surface area (Å²) >= 11 is 0. The van der Waals surface area contributed by atoms with E-state index >= 15 is 0 Å². The van der Waals surface area contributed by atoms with Crippen molar-refractivity contribution in [2.75, 3.05) is 10.6 Å². The minimum atomic E-state index is -0.261. The van der Waals surface area contributed by atoms with Crippen LogP contribution >= 0.6 is 0 Å². The van der Waals surface area contributed by atoms with Gasteiger partial charge >= 0.3 is 0 Å². The van der Waals surface area contributed by atoms with Gasteiger partial charge in [0.25, 0.3) is 5.91 Å². The molecule has 6 heteroatoms. The third-order valence-electron chi connectivity index (χ3n) is 3.98. The first kappa shape index (κ1) is 16.2. The van der Waals surface area contributed by atoms with Crippen LogP contribution in [0.15, 0.2) is 28.8 Å². The summed E-state index contributed by atoms with van der Waals surface area (Å²) in [5.41, 5.74) is 2.33. The number of anilines is 2. The van der Waals surface area contributed by atoms with Crippen molar-refractivity contribution in [2.24, 2.45) is 5.92 Å². The SMILES string of the molecule is Cc1noc(C(C)C)c1C(=O)Nc1cccc(NC(=O)C2CC2)c1. The van der Waals surface area contributed by atoms with E-state index in [-0.39, 0.29) is 23.7 Å². The van der Waals surface area contributed by atoms with Crippen molar-refractivity contribution in [3.63, 3.8) is 0 Å². The molecule has 1 saturated carbocycles. The molecule has 2 aromatic rings. The Kier molecular flexibility index (Phi) is 4.38. The van der Waals surface area contributed by atoms with Crippen LogP contribution in [0, 0.1) is 12.8 Å². The lowest BCUT2D eigenvalue weighted by molar-refractivity contribution is -0.117. The summed E-state index contributed by atoms with van der Waals surface area (Å²) in [6.07, 6.45) is 1.90. The highest BCUT2D eigenvalue weighted by molar-refractivity contribution is 6.06. The van der Waals surface area contributed by atoms with Crippen molar-refractivity contribution in [1.29, 1.82) is 0 Å². The Balaban J connectivity index is 1.75. The van der Waals surface area contributed by atoms with Gasteiger partial charge in [-0.1, -0.05) is 25.1 Å². The summed E-state index contributed by atoms with van der Waals surface area (Å²) in [6, 6.07) is 7.13. The summed E-state index contributed by atoms with van der Waals surface area (Å²) in [5.74, 6) is 0.550. The number of nitrogens with one attached hydrogen (secondary N) is 2. The van der Waals surface area contributed by atoms with E-state index in [1.54, 1.807) is 31.2 Å². The molecule has 0 saturated heterocycles. The fraction of sp³-hybridized carbons (Fsp3) is 0.389. The van der Waals surface area contributed by atoms with Gasteiger partial charge in [0.05, 0.1) is 5.69 Å². The molecule has 126 valence electrons. The molecule has 0 bridgehead atoms. The maximum absolute atomic E-state index is 12.6. The van der Waals surface area contributed by atoms with Crippen molar-refractivity contribution in [2.45, 2.75) is 39.5 Å². The Bertz CT molecular complexity index is 776. The first-order valence-corrected chi connectivity index (χ1v) is 8.14. The standard InChI is InChI=1S/C18H21N3O3/c1-10(2)16-15(11(3)21-24-16)18(23)20-14-6-4-5-13(9-14)19-17(22)12-7-8-12/h4-6,9-10,12H,7-8H2,1-3H3,(H,19,22)(H,20,23). The van der Waals surface area contributed by atoms with Crippen LogP contribution in [-0.4, -0.2) is 17.0 Å². The van der Waals surface area contributed by atoms with Gasteiger partial charge < -0.3 is 15.2 Å². The lowest BCUT2D eigenvalue weighted by Crippen LogP contribution is -2.16. The van der Waals surface area contributed by atoms with Crippen molar-refractivity contribution < 1.29 is 14.1 Å². The first-order chi connectivity index (χ1) is 11.5. The number of nitrogens with zero attached hydrogens (tertiary/aromatic N) is 1. The molecule has 1 aromatic carbocycles. The van der Waals surface area contributed by atoms with E-state index in [9.17, 15) is 9.59 Å². The van der Waals surface area contributed by atoms with Crippen molar-refractivity contribution in [3.05, 3.63) is 41.3 Å². The zero-order chi connectivity index (χ0) is 17.3. The normalized spacial score (nSPS) is 13.8. The summed E-state index contributed by atoms with van der Waals surface area (Å²) in [5, 5.41) is 9.61. The maximum Gasteiger partial charge on any atom is 0.261 e. The minimum absolute atomic E-state index is 0.0375. The molecular weight excluding hydrogens is 306 g/mol. The second kappa shape index (κ2) is 6.47. The summed E-state index contributed by atoms with van der Waals surface area (Å²) in [4.78, 5) is 24.4. The number of hydrogen-bond acceptors (Lipinski definition) is 4. The highest BCUT2D eigenvalue weighted by Gasteiger charge is 2.29. The molecule has 1 aromatic heterocycles. The molecule has 1 aliphatic carbocycles. The van der Waals surface area contributed by atoms with E-state index in [4.69, 9.17) is 4.52 Å². The minimum Gasteiger partial charge on any atom is -0.360 e. The molecule has 6 nitrogen and oxygen atoms in total. The predicted octanol–water partition coefficient (Wildman–Crippen LogP) is 3.71. The molecule has 2 N–H and O–H groups in total. The second-order valence-electron chi connectivity index (χ2n) is 6.46. The first-order valence-electron chi connectivity index (χ1n) is 8.14. The molecule has 0 unspecified atom stereocenters. The van der Waals surface area contributed by atoms with Gasteiger partial charge in [0.1, 0.15) is 5.56 Å². The molecule has 1 fully saturated rings. The second-order valence-corrected chi connectivity index (χ2v) is 6.46. The third-order valence-corrected chi connectivity index (χ3v) is 3.98. The molecule has 24 heavy (non-hydrogen) atoms. The van der Waals surface area contributed by atoms with Crippen LogP contribution in [-0.2, 0) is 4.79 Å². The lowest BCUT2D eigenvalue weighted by atomic mass is 10.0. The van der Waals surface area contributed by atoms with Crippen molar-refractivity contribution in [3.8, 4) is 0 Å². The van der Waals surface area contributed by atoms with E-state index in [0.717, 1.165) is 12.8 Å². The molecule has 0 radical (unpaired) electrons. The zero-order valence-electron chi connectivity index (χ0n) is 14.1. The van der Waals surface area contributed by atoms with Crippen LogP contribution in [0.1, 0.15) is 54.4 Å². The quantitative estimate of drug-likeness (QED) is 0.877. The van der Waals surface area contributed by atoms with Gasteiger partial charge in [0.2, 0.25) is 5.91 Å². The average Bonchev–Trinajstić information content (AvgIpc) is 3.30. The summed E-state index contributed by atoms with van der Waals surface area (Å²) < 4.78 is 5.26. The number of aromatic nitrogens is 1. The Morgan fingerprint density at radius 1 is 1.21 bits per heavy atom. The Hall–Kier alpha value is -2.63. The van der Waals surface area contributed by atoms with Crippen LogP contribution in [0.5, 0.6) is 0 Å². The van der Waals surface area contributed by atoms with E-state index in [1.165, 1.54) is 0 Å². The molecule has 1 heterocycles. The molecule has 3 rings (SSSR count). The molecule has 2 amide bonds. The van der Waals surface area contributed by atoms with Gasteiger partial charge in [-0.3, -0.25) is 9.59 Å². The van der Waals surface area contributed by atoms with Crippen LogP contribution in [0.3, 0.4) is 0 Å². The van der Waals surface area contributed by atoms with Gasteiger partial charge in [-0.05, 0) is 38.0 Å². The Morgan fingerprint density at radius 2 is 1.88 bits per heavy atom. The van der Waals surface area contributed by atoms with Gasteiger partial charge in [0.15, 0.2) is 5.76 Å². The molecule has 0 spiro atoms. The number of carbonyl (C=O) groups excluding carboxylic acids is 2. The topological polar surface area (TPSA) is 84.2 Å². The molecular formula is C18H21N3O3. The maximum atomic E-state index is 12.6. The van der Waals surface area contributed by atoms with E-state index in [2.05, 4.69) is 15.8 Å². The van der Waals surface area contributed by atoms with Gasteiger partial charge in [0, 0.05) is 23.2 Å². The highest BCUT2D eigenvalue weighted by atomic mass is 16.5. The number of hydrogen-bond donors (Lipinski definition) is 2. The zero-order valence-corrected chi connectivity index (χ0v) is 14.1. The molecule has 0 aliphatic heterocycles. The highest BCUT2D eigenvalue weighted by Crippen LogP contribution is 2.30. The number of amides is 2. The Morgan fingerprint density at radius 3 is 2.50 bits per heavy atom. The third kappa shape index (κ3) is 3.48. The van der Waals surface area contributed by atoms with E-state index in [0.29, 0.717) is 28.4 Å². The Labute approximate surface area is 140 Å². The molecule has 0 atom stereocenters. The molecule has 1 aliphatic rings. The van der Waals surface area contributed by atoms with Crippen LogP contribution < -0.4 is 10.6 Å². The van der Waals surface area contributed by atoms with Crippen LogP contribution in [0.2, 0.25) is 0 Å². The van der Waals surface area contributed by atoms with Gasteiger partial charge in [-0.2, -0.15) is 0 Å². The average molecular weight is 327 g/mol. The summed E-state index contributed by atoms with van der Waals surface area (Å²) in [6.45, 7) is 5.64. The van der Waals surface area contributed by atoms with Crippen LogP contribution in [0.25, 0.3) is 0 Å².